The zero-order valence-electron chi connectivity index (χ0n) is 28.1. The molecule has 0 aliphatic carbocycles. The van der Waals surface area contributed by atoms with Crippen molar-refractivity contribution in [3.05, 3.63) is 93.8 Å². The van der Waals surface area contributed by atoms with Gasteiger partial charge in [0.05, 0.1) is 17.9 Å². The van der Waals surface area contributed by atoms with Crippen LogP contribution in [-0.2, 0) is 25.9 Å². The fourth-order valence-corrected chi connectivity index (χ4v) is 7.66. The molecule has 0 amide bonds. The van der Waals surface area contributed by atoms with Crippen molar-refractivity contribution in [1.82, 2.24) is 19.4 Å². The number of hydrogen-bond acceptors (Lipinski definition) is 8. The Morgan fingerprint density at radius 1 is 1.06 bits per heavy atom. The van der Waals surface area contributed by atoms with E-state index in [1.807, 2.05) is 31.2 Å². The molecule has 5 aromatic rings. The average Bonchev–Trinajstić information content (AvgIpc) is 3.68. The number of rotatable bonds is 12. The molecule has 1 aliphatic heterocycles. The van der Waals surface area contributed by atoms with Crippen LogP contribution >= 0.6 is 11.3 Å². The zero-order valence-corrected chi connectivity index (χ0v) is 29.0. The van der Waals surface area contributed by atoms with Crippen LogP contribution in [0.2, 0.25) is 0 Å². The monoisotopic (exact) mass is 696 g/mol. The third-order valence-corrected chi connectivity index (χ3v) is 10.4. The van der Waals surface area contributed by atoms with Crippen molar-refractivity contribution >= 4 is 44.0 Å². The molecule has 50 heavy (non-hydrogen) atoms. The van der Waals surface area contributed by atoms with E-state index < -0.39 is 12.6 Å². The maximum atomic E-state index is 13.0. The molecule has 1 fully saturated rings. The largest absolute Gasteiger partial charge is 0.393 e. The van der Waals surface area contributed by atoms with E-state index in [1.165, 1.54) is 23.0 Å². The molecule has 1 saturated heterocycles. The summed E-state index contributed by atoms with van der Waals surface area (Å²) in [6, 6.07) is 20.9. The Kier molecular flexibility index (Phi) is 10.7. The fraction of sp³-hybridized carbons (Fsp3) is 0.368. The van der Waals surface area contributed by atoms with Crippen LogP contribution in [0.1, 0.15) is 53.4 Å². The van der Waals surface area contributed by atoms with Gasteiger partial charge in [-0.05, 0) is 79.6 Å². The van der Waals surface area contributed by atoms with Crippen LogP contribution in [0, 0.1) is 29.6 Å². The van der Waals surface area contributed by atoms with Crippen LogP contribution in [0.15, 0.2) is 66.5 Å². The van der Waals surface area contributed by atoms with Gasteiger partial charge in [-0.3, -0.25) is 4.90 Å². The van der Waals surface area contributed by atoms with Gasteiger partial charge < -0.3 is 15.2 Å². The minimum Gasteiger partial charge on any atom is -0.380 e. The number of alkyl halides is 3. The molecular weight excluding hydrogens is 658 g/mol. The van der Waals surface area contributed by atoms with E-state index >= 15 is 0 Å². The SMILES string of the molecule is CC/C=C(\C#N)CNc1ccc(CCn2c(C#N)cc3c(C)c(CN4CCC(Nc5ncnc6sc(CC(F)(F)F)cc56)CC4)ccc32)cc1. The number of nitrogens with one attached hydrogen (secondary N) is 2. The second kappa shape index (κ2) is 15.3. The summed E-state index contributed by atoms with van der Waals surface area (Å²) in [5.41, 5.74) is 6.97. The molecule has 4 heterocycles. The quantitative estimate of drug-likeness (QED) is 0.126. The van der Waals surface area contributed by atoms with E-state index in [1.54, 1.807) is 6.07 Å². The van der Waals surface area contributed by atoms with Crippen LogP contribution in [0.25, 0.3) is 21.1 Å². The van der Waals surface area contributed by atoms with E-state index in [4.69, 9.17) is 0 Å². The number of nitriles is 2. The maximum absolute atomic E-state index is 13.0. The molecule has 0 atom stereocenters. The number of likely N-dealkylation sites (tertiary alicyclic amines) is 1. The average molecular weight is 697 g/mol. The van der Waals surface area contributed by atoms with Crippen molar-refractivity contribution in [2.75, 3.05) is 30.3 Å². The molecule has 0 bridgehead atoms. The molecule has 258 valence electrons. The van der Waals surface area contributed by atoms with Gasteiger partial charge in [0, 0.05) is 65.8 Å². The van der Waals surface area contributed by atoms with Gasteiger partial charge in [0.1, 0.15) is 28.7 Å². The van der Waals surface area contributed by atoms with Crippen molar-refractivity contribution < 1.29 is 13.2 Å². The molecule has 0 unspecified atom stereocenters. The summed E-state index contributed by atoms with van der Waals surface area (Å²) in [6.45, 7) is 7.88. The van der Waals surface area contributed by atoms with Gasteiger partial charge >= 0.3 is 6.18 Å². The minimum absolute atomic E-state index is 0.165. The number of nitrogens with zero attached hydrogens (tertiary/aromatic N) is 6. The van der Waals surface area contributed by atoms with Crippen LogP contribution in [-0.4, -0.2) is 51.3 Å². The highest BCUT2D eigenvalue weighted by Gasteiger charge is 2.29. The number of anilines is 2. The highest BCUT2D eigenvalue weighted by molar-refractivity contribution is 7.18. The molecule has 3 aromatic heterocycles. The molecule has 8 nitrogen and oxygen atoms in total. The van der Waals surface area contributed by atoms with Gasteiger partial charge in [-0.1, -0.05) is 31.2 Å². The van der Waals surface area contributed by atoms with Crippen molar-refractivity contribution in [1.29, 1.82) is 10.5 Å². The molecule has 0 radical (unpaired) electrons. The Morgan fingerprint density at radius 2 is 1.84 bits per heavy atom. The molecule has 0 saturated carbocycles. The molecule has 2 aromatic carbocycles. The normalized spacial score (nSPS) is 14.6. The second-order valence-electron chi connectivity index (χ2n) is 12.8. The van der Waals surface area contributed by atoms with E-state index in [0.29, 0.717) is 34.8 Å². The first kappa shape index (κ1) is 34.9. The van der Waals surface area contributed by atoms with Crippen molar-refractivity contribution in [2.45, 2.75) is 71.3 Å². The maximum Gasteiger partial charge on any atom is 0.393 e. The Hall–Kier alpha value is -4.91. The highest BCUT2D eigenvalue weighted by atomic mass is 32.1. The molecule has 0 spiro atoms. The number of benzene rings is 2. The lowest BCUT2D eigenvalue weighted by molar-refractivity contribution is -0.126. The Labute approximate surface area is 293 Å². The van der Waals surface area contributed by atoms with E-state index in [9.17, 15) is 23.7 Å². The predicted molar refractivity (Wildman–Crippen MR) is 193 cm³/mol. The second-order valence-corrected chi connectivity index (χ2v) is 13.9. The van der Waals surface area contributed by atoms with Gasteiger partial charge in [-0.15, -0.1) is 11.3 Å². The Morgan fingerprint density at radius 3 is 2.54 bits per heavy atom. The Balaban J connectivity index is 1.06. The number of piperidine rings is 1. The van der Waals surface area contributed by atoms with Gasteiger partial charge in [0.15, 0.2) is 0 Å². The van der Waals surface area contributed by atoms with E-state index in [2.05, 4.69) is 73.4 Å². The number of thiophene rings is 1. The van der Waals surface area contributed by atoms with E-state index in [0.717, 1.165) is 78.8 Å². The third kappa shape index (κ3) is 8.27. The van der Waals surface area contributed by atoms with Gasteiger partial charge in [-0.2, -0.15) is 23.7 Å². The van der Waals surface area contributed by atoms with Gasteiger partial charge in [0.25, 0.3) is 0 Å². The first-order valence-corrected chi connectivity index (χ1v) is 17.7. The number of hydrogen-bond donors (Lipinski definition) is 2. The number of halogens is 3. The summed E-state index contributed by atoms with van der Waals surface area (Å²) in [4.78, 5) is 11.8. The molecule has 2 N–H and O–H groups in total. The molecule has 1 aliphatic rings. The van der Waals surface area contributed by atoms with E-state index in [-0.39, 0.29) is 10.9 Å². The number of allylic oxidation sites excluding steroid dienone is 1. The lowest BCUT2D eigenvalue weighted by Gasteiger charge is -2.33. The summed E-state index contributed by atoms with van der Waals surface area (Å²) >= 11 is 1.06. The molecule has 6 rings (SSSR count). The summed E-state index contributed by atoms with van der Waals surface area (Å²) in [6.07, 6.45) is 1.50. The van der Waals surface area contributed by atoms with Gasteiger partial charge in [-0.25, -0.2) is 9.97 Å². The molecular formula is C38H39F3N8S. The molecule has 12 heteroatoms. The lowest BCUT2D eigenvalue weighted by atomic mass is 10.0. The van der Waals surface area contributed by atoms with Crippen LogP contribution in [0.4, 0.5) is 24.7 Å². The van der Waals surface area contributed by atoms with Crippen molar-refractivity contribution in [3.8, 4) is 12.1 Å². The highest BCUT2D eigenvalue weighted by Crippen LogP contribution is 2.33. The fourth-order valence-electron chi connectivity index (χ4n) is 6.63. The number of fused-ring (bicyclic) bond motifs is 2. The first-order valence-electron chi connectivity index (χ1n) is 16.9. The minimum atomic E-state index is -4.26. The number of aromatic nitrogens is 3. The number of aryl methyl sites for hydroxylation is 3. The smallest absolute Gasteiger partial charge is 0.380 e. The third-order valence-electron chi connectivity index (χ3n) is 9.31. The first-order chi connectivity index (χ1) is 24.1. The summed E-state index contributed by atoms with van der Waals surface area (Å²) in [7, 11) is 0. The Bertz CT molecular complexity index is 2070. The van der Waals surface area contributed by atoms with Crippen molar-refractivity contribution in [2.24, 2.45) is 0 Å². The predicted octanol–water partition coefficient (Wildman–Crippen LogP) is 8.52. The van der Waals surface area contributed by atoms with Crippen LogP contribution in [0.5, 0.6) is 0 Å². The van der Waals surface area contributed by atoms with Crippen LogP contribution in [0.3, 0.4) is 0 Å². The van der Waals surface area contributed by atoms with Crippen LogP contribution < -0.4 is 10.6 Å². The summed E-state index contributed by atoms with van der Waals surface area (Å²) < 4.78 is 41.0. The summed E-state index contributed by atoms with van der Waals surface area (Å²) in [5.74, 6) is 0.594. The standard InChI is InChI=1S/C38H39F3N8S/c1-3-4-27(20-42)22-44-29-8-5-26(6-9-29)11-16-49-31(21-43)17-33-25(2)28(7-10-35(33)49)23-48-14-12-30(13-15-48)47-36-34-18-32(19-38(39,40)41)50-37(34)46-24-45-36/h4-10,17-18,24,30,44H,3,11-16,19,22-23H2,1-2H3,(H,45,46,47)/b27-4+. The summed E-state index contributed by atoms with van der Waals surface area (Å²) in [5, 5.41) is 27.8. The van der Waals surface area contributed by atoms with Crippen molar-refractivity contribution in [3.63, 3.8) is 0 Å². The zero-order chi connectivity index (χ0) is 35.3. The lowest BCUT2D eigenvalue weighted by Crippen LogP contribution is -2.39. The van der Waals surface area contributed by atoms with Gasteiger partial charge in [0.2, 0.25) is 0 Å². The topological polar surface area (TPSA) is 106 Å².